The minimum atomic E-state index is -4.63. The summed E-state index contributed by atoms with van der Waals surface area (Å²) in [6.45, 7) is 3.15. The maximum absolute atomic E-state index is 13.3. The smallest absolute Gasteiger partial charge is 0.322 e. The number of Topliss-reactive ketones (excluding diaryl/α,β-unsaturated/α-hetero) is 1. The van der Waals surface area contributed by atoms with Crippen molar-refractivity contribution < 1.29 is 22.8 Å². The number of halogens is 3. The van der Waals surface area contributed by atoms with E-state index in [9.17, 15) is 22.8 Å². The van der Waals surface area contributed by atoms with Crippen molar-refractivity contribution >= 4 is 17.5 Å². The lowest BCUT2D eigenvalue weighted by Gasteiger charge is -2.22. The molecule has 0 saturated carbocycles. The van der Waals surface area contributed by atoms with Crippen molar-refractivity contribution in [3.8, 4) is 0 Å². The number of anilines is 1. The molecule has 0 aliphatic carbocycles. The van der Waals surface area contributed by atoms with E-state index in [4.69, 9.17) is 0 Å². The topological polar surface area (TPSA) is 58.2 Å². The number of rotatable bonds is 4. The lowest BCUT2D eigenvalue weighted by Crippen LogP contribution is -2.40. The third-order valence-corrected chi connectivity index (χ3v) is 3.56. The van der Waals surface area contributed by atoms with Gasteiger partial charge in [0.05, 0.1) is 0 Å². The monoisotopic (exact) mass is 350 g/mol. The molecule has 0 heterocycles. The van der Waals surface area contributed by atoms with E-state index in [1.54, 1.807) is 19.1 Å². The standard InChI is InChI=1S/C18H17F3N2O2/c1-11-3-5-14(6-4-11)16(18(19,20)21)23-17(25)22-15-9-7-13(8-10-15)12(2)24/h3-10,16H,1-2H3,(H2,22,23,25). The summed E-state index contributed by atoms with van der Waals surface area (Å²) in [5.74, 6) is -0.146. The van der Waals surface area contributed by atoms with Crippen LogP contribution in [0.2, 0.25) is 0 Å². The van der Waals surface area contributed by atoms with Crippen molar-refractivity contribution in [2.45, 2.75) is 26.1 Å². The first-order chi connectivity index (χ1) is 11.7. The molecule has 0 radical (unpaired) electrons. The van der Waals surface area contributed by atoms with Gasteiger partial charge >= 0.3 is 12.2 Å². The van der Waals surface area contributed by atoms with Gasteiger partial charge in [0.1, 0.15) is 0 Å². The van der Waals surface area contributed by atoms with E-state index in [-0.39, 0.29) is 17.0 Å². The summed E-state index contributed by atoms with van der Waals surface area (Å²) in [5.41, 5.74) is 1.49. The quantitative estimate of drug-likeness (QED) is 0.791. The Bertz CT molecular complexity index is 753. The molecule has 2 aromatic rings. The van der Waals surface area contributed by atoms with Crippen LogP contribution >= 0.6 is 0 Å². The Balaban J connectivity index is 2.11. The highest BCUT2D eigenvalue weighted by Gasteiger charge is 2.41. The molecule has 0 spiro atoms. The van der Waals surface area contributed by atoms with Crippen LogP contribution in [-0.4, -0.2) is 18.0 Å². The third kappa shape index (κ3) is 5.07. The summed E-state index contributed by atoms with van der Waals surface area (Å²) in [5, 5.41) is 4.27. The molecule has 2 N–H and O–H groups in total. The van der Waals surface area contributed by atoms with Crippen molar-refractivity contribution in [3.05, 3.63) is 65.2 Å². The van der Waals surface area contributed by atoms with Crippen LogP contribution in [0.15, 0.2) is 48.5 Å². The molecular formula is C18H17F3N2O2. The largest absolute Gasteiger partial charge is 0.412 e. The highest BCUT2D eigenvalue weighted by molar-refractivity contribution is 5.95. The zero-order valence-electron chi connectivity index (χ0n) is 13.6. The first kappa shape index (κ1) is 18.5. The van der Waals surface area contributed by atoms with Gasteiger partial charge in [-0.2, -0.15) is 13.2 Å². The maximum Gasteiger partial charge on any atom is 0.412 e. The number of hydrogen-bond acceptors (Lipinski definition) is 2. The second-order valence-electron chi connectivity index (χ2n) is 5.62. The van der Waals surface area contributed by atoms with Gasteiger partial charge in [-0.15, -0.1) is 0 Å². The van der Waals surface area contributed by atoms with Gasteiger partial charge in [-0.05, 0) is 43.7 Å². The Labute approximate surface area is 143 Å². The second-order valence-corrected chi connectivity index (χ2v) is 5.62. The van der Waals surface area contributed by atoms with Crippen molar-refractivity contribution in [3.63, 3.8) is 0 Å². The van der Waals surface area contributed by atoms with Crippen LogP contribution in [0, 0.1) is 6.92 Å². The van der Waals surface area contributed by atoms with Crippen LogP contribution in [-0.2, 0) is 0 Å². The van der Waals surface area contributed by atoms with Crippen molar-refractivity contribution in [2.24, 2.45) is 0 Å². The lowest BCUT2D eigenvalue weighted by molar-refractivity contribution is -0.154. The summed E-state index contributed by atoms with van der Waals surface area (Å²) in [4.78, 5) is 23.1. The number of carbonyl (C=O) groups is 2. The van der Waals surface area contributed by atoms with Crippen molar-refractivity contribution in [1.82, 2.24) is 5.32 Å². The fourth-order valence-electron chi connectivity index (χ4n) is 2.20. The predicted octanol–water partition coefficient (Wildman–Crippen LogP) is 4.62. The Morgan fingerprint density at radius 1 is 0.960 bits per heavy atom. The molecule has 2 rings (SSSR count). The highest BCUT2D eigenvalue weighted by Crippen LogP contribution is 2.32. The number of hydrogen-bond donors (Lipinski definition) is 2. The minimum absolute atomic E-state index is 0.0554. The molecular weight excluding hydrogens is 333 g/mol. The van der Waals surface area contributed by atoms with E-state index < -0.39 is 18.2 Å². The van der Waals surface area contributed by atoms with Crippen molar-refractivity contribution in [1.29, 1.82) is 0 Å². The van der Waals surface area contributed by atoms with E-state index in [0.29, 0.717) is 5.56 Å². The summed E-state index contributed by atoms with van der Waals surface area (Å²) in [7, 11) is 0. The van der Waals surface area contributed by atoms with Gasteiger partial charge in [0.15, 0.2) is 11.8 Å². The molecule has 0 saturated heterocycles. The van der Waals surface area contributed by atoms with Crippen LogP contribution in [0.5, 0.6) is 0 Å². The maximum atomic E-state index is 13.3. The Morgan fingerprint density at radius 3 is 2.00 bits per heavy atom. The molecule has 0 bridgehead atoms. The second kappa shape index (κ2) is 7.38. The molecule has 132 valence electrons. The normalized spacial score (nSPS) is 12.4. The SMILES string of the molecule is CC(=O)c1ccc(NC(=O)NC(c2ccc(C)cc2)C(F)(F)F)cc1. The molecule has 0 aromatic heterocycles. The number of carbonyl (C=O) groups excluding carboxylic acids is 2. The fourth-order valence-corrected chi connectivity index (χ4v) is 2.20. The van der Waals surface area contributed by atoms with E-state index >= 15 is 0 Å². The van der Waals surface area contributed by atoms with E-state index in [2.05, 4.69) is 5.32 Å². The summed E-state index contributed by atoms with van der Waals surface area (Å²) < 4.78 is 39.8. The van der Waals surface area contributed by atoms with Gasteiger partial charge in [-0.3, -0.25) is 4.79 Å². The first-order valence-corrected chi connectivity index (χ1v) is 7.48. The highest BCUT2D eigenvalue weighted by atomic mass is 19.4. The molecule has 2 amide bonds. The van der Waals surface area contributed by atoms with Gasteiger partial charge in [-0.25, -0.2) is 4.79 Å². The number of nitrogens with one attached hydrogen (secondary N) is 2. The Kier molecular flexibility index (Phi) is 5.46. The predicted molar refractivity (Wildman–Crippen MR) is 88.6 cm³/mol. The van der Waals surface area contributed by atoms with E-state index in [1.807, 2.05) is 5.32 Å². The van der Waals surface area contributed by atoms with E-state index in [0.717, 1.165) is 5.56 Å². The van der Waals surface area contributed by atoms with Crippen LogP contribution in [0.25, 0.3) is 0 Å². The first-order valence-electron chi connectivity index (χ1n) is 7.48. The molecule has 7 heteroatoms. The number of aryl methyl sites for hydroxylation is 1. The van der Waals surface area contributed by atoms with Crippen LogP contribution in [0.3, 0.4) is 0 Å². The fraction of sp³-hybridized carbons (Fsp3) is 0.222. The van der Waals surface area contributed by atoms with Crippen molar-refractivity contribution in [2.75, 3.05) is 5.32 Å². The molecule has 1 unspecified atom stereocenters. The number of benzene rings is 2. The van der Waals surface area contributed by atoms with Crippen LogP contribution in [0.1, 0.15) is 34.5 Å². The van der Waals surface area contributed by atoms with Crippen LogP contribution in [0.4, 0.5) is 23.7 Å². The van der Waals surface area contributed by atoms with E-state index in [1.165, 1.54) is 43.3 Å². The summed E-state index contributed by atoms with van der Waals surface area (Å²) in [6.07, 6.45) is -4.63. The molecule has 0 fully saturated rings. The number of urea groups is 1. The molecule has 25 heavy (non-hydrogen) atoms. The summed E-state index contributed by atoms with van der Waals surface area (Å²) >= 11 is 0. The average molecular weight is 350 g/mol. The van der Waals surface area contributed by atoms with Gasteiger partial charge in [0.25, 0.3) is 0 Å². The molecule has 4 nitrogen and oxygen atoms in total. The molecule has 2 aromatic carbocycles. The zero-order chi connectivity index (χ0) is 18.6. The molecule has 1 atom stereocenters. The zero-order valence-corrected chi connectivity index (χ0v) is 13.6. The molecule has 0 aliphatic heterocycles. The Morgan fingerprint density at radius 2 is 1.52 bits per heavy atom. The van der Waals surface area contributed by atoms with Gasteiger partial charge in [-0.1, -0.05) is 29.8 Å². The lowest BCUT2D eigenvalue weighted by atomic mass is 10.0. The average Bonchev–Trinajstić information content (AvgIpc) is 2.53. The molecule has 0 aliphatic rings. The van der Waals surface area contributed by atoms with Gasteiger partial charge < -0.3 is 10.6 Å². The third-order valence-electron chi connectivity index (χ3n) is 3.56. The Hall–Kier alpha value is -2.83. The number of alkyl halides is 3. The number of ketones is 1. The number of amides is 2. The minimum Gasteiger partial charge on any atom is -0.322 e. The summed E-state index contributed by atoms with van der Waals surface area (Å²) in [6, 6.07) is 8.52. The van der Waals surface area contributed by atoms with Gasteiger partial charge in [0.2, 0.25) is 0 Å². The van der Waals surface area contributed by atoms with Gasteiger partial charge in [0, 0.05) is 11.3 Å². The van der Waals surface area contributed by atoms with Crippen LogP contribution < -0.4 is 10.6 Å².